The van der Waals surface area contributed by atoms with Crippen LogP contribution < -0.4 is 10.9 Å². The lowest BCUT2D eigenvalue weighted by Crippen LogP contribution is -2.23. The van der Waals surface area contributed by atoms with E-state index in [0.29, 0.717) is 16.5 Å². The van der Waals surface area contributed by atoms with Gasteiger partial charge >= 0.3 is 0 Å². The van der Waals surface area contributed by atoms with Gasteiger partial charge in [0.05, 0.1) is 0 Å². The molecule has 0 saturated heterocycles. The standard InChI is InChI=1S/C21H22N2O3/c1-21(2,3)15-11-7-8-12-16(15)22-18(24)17-13-9-5-6-10-14(13)19(25)23(4)20(17)26/h5-12,26H,1-4H3,(H,22,24). The van der Waals surface area contributed by atoms with Crippen LogP contribution in [0, 0.1) is 0 Å². The van der Waals surface area contributed by atoms with Crippen molar-refractivity contribution < 1.29 is 9.90 Å². The number of para-hydroxylation sites is 1. The Morgan fingerprint density at radius 2 is 1.58 bits per heavy atom. The molecule has 1 amide bonds. The van der Waals surface area contributed by atoms with Crippen molar-refractivity contribution in [2.45, 2.75) is 26.2 Å². The zero-order valence-corrected chi connectivity index (χ0v) is 15.3. The molecule has 0 aliphatic heterocycles. The molecule has 5 nitrogen and oxygen atoms in total. The first-order valence-corrected chi connectivity index (χ1v) is 8.43. The highest BCUT2D eigenvalue weighted by Crippen LogP contribution is 2.31. The van der Waals surface area contributed by atoms with E-state index in [9.17, 15) is 14.7 Å². The minimum atomic E-state index is -0.453. The topological polar surface area (TPSA) is 71.3 Å². The number of rotatable bonds is 2. The molecule has 1 heterocycles. The van der Waals surface area contributed by atoms with Crippen molar-refractivity contribution in [1.29, 1.82) is 0 Å². The monoisotopic (exact) mass is 350 g/mol. The number of nitrogens with zero attached hydrogens (tertiary/aromatic N) is 1. The Hall–Kier alpha value is -3.08. The van der Waals surface area contributed by atoms with Gasteiger partial charge in [0.25, 0.3) is 11.5 Å². The second-order valence-corrected chi connectivity index (χ2v) is 7.36. The molecular weight excluding hydrogens is 328 g/mol. The highest BCUT2D eigenvalue weighted by Gasteiger charge is 2.23. The molecule has 3 rings (SSSR count). The lowest BCUT2D eigenvalue weighted by molar-refractivity contribution is 0.102. The number of anilines is 1. The smallest absolute Gasteiger partial charge is 0.261 e. The average Bonchev–Trinajstić information content (AvgIpc) is 2.59. The van der Waals surface area contributed by atoms with Crippen LogP contribution in [0.4, 0.5) is 5.69 Å². The van der Waals surface area contributed by atoms with Gasteiger partial charge < -0.3 is 10.4 Å². The summed E-state index contributed by atoms with van der Waals surface area (Å²) >= 11 is 0. The normalized spacial score (nSPS) is 11.5. The third kappa shape index (κ3) is 2.96. The molecule has 5 heteroatoms. The number of carbonyl (C=O) groups excluding carboxylic acids is 1. The molecule has 1 aromatic heterocycles. The zero-order valence-electron chi connectivity index (χ0n) is 15.3. The summed E-state index contributed by atoms with van der Waals surface area (Å²) in [4.78, 5) is 25.3. The van der Waals surface area contributed by atoms with Gasteiger partial charge in [0.1, 0.15) is 5.56 Å². The summed E-state index contributed by atoms with van der Waals surface area (Å²) in [6.45, 7) is 6.20. The number of carbonyl (C=O) groups is 1. The van der Waals surface area contributed by atoms with Gasteiger partial charge in [-0.05, 0) is 23.1 Å². The largest absolute Gasteiger partial charge is 0.494 e. The van der Waals surface area contributed by atoms with Gasteiger partial charge in [0, 0.05) is 23.5 Å². The zero-order chi connectivity index (χ0) is 19.1. The fourth-order valence-corrected chi connectivity index (χ4v) is 3.11. The van der Waals surface area contributed by atoms with Gasteiger partial charge in [-0.3, -0.25) is 14.2 Å². The van der Waals surface area contributed by atoms with E-state index in [-0.39, 0.29) is 22.4 Å². The van der Waals surface area contributed by atoms with Gasteiger partial charge in [0.15, 0.2) is 0 Å². The third-order valence-electron chi connectivity index (χ3n) is 4.48. The number of benzene rings is 2. The van der Waals surface area contributed by atoms with Crippen LogP contribution in [0.3, 0.4) is 0 Å². The average molecular weight is 350 g/mol. The molecule has 0 aliphatic carbocycles. The summed E-state index contributed by atoms with van der Waals surface area (Å²) in [6.07, 6.45) is 0. The van der Waals surface area contributed by atoms with Crippen LogP contribution in [0.2, 0.25) is 0 Å². The fourth-order valence-electron chi connectivity index (χ4n) is 3.11. The van der Waals surface area contributed by atoms with Crippen molar-refractivity contribution in [1.82, 2.24) is 4.57 Å². The second kappa shape index (κ2) is 6.33. The number of aromatic nitrogens is 1. The molecule has 134 valence electrons. The van der Waals surface area contributed by atoms with Crippen molar-refractivity contribution in [2.75, 3.05) is 5.32 Å². The Bertz CT molecular complexity index is 1060. The first-order valence-electron chi connectivity index (χ1n) is 8.43. The number of hydrogen-bond acceptors (Lipinski definition) is 3. The van der Waals surface area contributed by atoms with Gasteiger partial charge in [-0.25, -0.2) is 0 Å². The number of nitrogens with one attached hydrogen (secondary N) is 1. The summed E-state index contributed by atoms with van der Waals surface area (Å²) in [6, 6.07) is 14.4. The molecular formula is C21H22N2O3. The van der Waals surface area contributed by atoms with Gasteiger partial charge in [-0.15, -0.1) is 0 Å². The Morgan fingerprint density at radius 1 is 1.00 bits per heavy atom. The molecule has 0 bridgehead atoms. The van der Waals surface area contributed by atoms with Crippen molar-refractivity contribution >= 4 is 22.4 Å². The minimum Gasteiger partial charge on any atom is -0.494 e. The molecule has 0 atom stereocenters. The van der Waals surface area contributed by atoms with Crippen LogP contribution >= 0.6 is 0 Å². The van der Waals surface area contributed by atoms with Crippen molar-refractivity contribution in [2.24, 2.45) is 7.05 Å². The molecule has 26 heavy (non-hydrogen) atoms. The Balaban J connectivity index is 2.15. The van der Waals surface area contributed by atoms with Crippen LogP contribution in [0.25, 0.3) is 10.8 Å². The maximum absolute atomic E-state index is 13.0. The van der Waals surface area contributed by atoms with Crippen LogP contribution in [-0.4, -0.2) is 15.6 Å². The van der Waals surface area contributed by atoms with E-state index >= 15 is 0 Å². The lowest BCUT2D eigenvalue weighted by atomic mass is 9.86. The summed E-state index contributed by atoms with van der Waals surface area (Å²) < 4.78 is 1.09. The molecule has 2 N–H and O–H groups in total. The summed E-state index contributed by atoms with van der Waals surface area (Å²) in [7, 11) is 1.45. The Labute approximate surface area is 151 Å². The highest BCUT2D eigenvalue weighted by molar-refractivity contribution is 6.14. The second-order valence-electron chi connectivity index (χ2n) is 7.36. The van der Waals surface area contributed by atoms with E-state index < -0.39 is 5.91 Å². The summed E-state index contributed by atoms with van der Waals surface area (Å²) in [5.74, 6) is -0.801. The number of amides is 1. The fraction of sp³-hybridized carbons (Fsp3) is 0.238. The summed E-state index contributed by atoms with van der Waals surface area (Å²) in [5, 5.41) is 14.2. The minimum absolute atomic E-state index is 0.0893. The highest BCUT2D eigenvalue weighted by atomic mass is 16.3. The van der Waals surface area contributed by atoms with Crippen molar-refractivity contribution in [3.05, 3.63) is 70.0 Å². The van der Waals surface area contributed by atoms with Crippen molar-refractivity contribution in [3.63, 3.8) is 0 Å². The quantitative estimate of drug-likeness (QED) is 0.738. The van der Waals surface area contributed by atoms with Crippen LogP contribution in [0.5, 0.6) is 5.88 Å². The predicted octanol–water partition coefficient (Wildman–Crippen LogP) is 3.79. The Kier molecular flexibility index (Phi) is 4.32. The van der Waals surface area contributed by atoms with Gasteiger partial charge in [-0.1, -0.05) is 57.2 Å². The first-order chi connectivity index (χ1) is 12.2. The van der Waals surface area contributed by atoms with Crippen LogP contribution in [-0.2, 0) is 12.5 Å². The third-order valence-corrected chi connectivity index (χ3v) is 4.48. The van der Waals surface area contributed by atoms with Gasteiger partial charge in [-0.2, -0.15) is 0 Å². The maximum Gasteiger partial charge on any atom is 0.261 e. The van der Waals surface area contributed by atoms with Crippen molar-refractivity contribution in [3.8, 4) is 5.88 Å². The van der Waals surface area contributed by atoms with E-state index in [1.54, 1.807) is 24.3 Å². The first kappa shape index (κ1) is 17.7. The molecule has 0 unspecified atom stereocenters. The van der Waals surface area contributed by atoms with E-state index in [4.69, 9.17) is 0 Å². The predicted molar refractivity (Wildman–Crippen MR) is 104 cm³/mol. The van der Waals surface area contributed by atoms with E-state index in [2.05, 4.69) is 26.1 Å². The molecule has 0 spiro atoms. The van der Waals surface area contributed by atoms with E-state index in [0.717, 1.165) is 10.1 Å². The number of aromatic hydroxyl groups is 1. The number of hydrogen-bond donors (Lipinski definition) is 2. The molecule has 0 saturated carbocycles. The van der Waals surface area contributed by atoms with E-state index in [1.165, 1.54) is 7.05 Å². The molecule has 0 fully saturated rings. The van der Waals surface area contributed by atoms with Gasteiger partial charge in [0.2, 0.25) is 5.88 Å². The van der Waals surface area contributed by atoms with Crippen LogP contribution in [0.15, 0.2) is 53.3 Å². The molecule has 3 aromatic rings. The Morgan fingerprint density at radius 3 is 2.23 bits per heavy atom. The number of fused-ring (bicyclic) bond motifs is 1. The lowest BCUT2D eigenvalue weighted by Gasteiger charge is -2.23. The van der Waals surface area contributed by atoms with E-state index in [1.807, 2.05) is 24.3 Å². The molecule has 0 aliphatic rings. The molecule has 2 aromatic carbocycles. The van der Waals surface area contributed by atoms with Crippen LogP contribution in [0.1, 0.15) is 36.7 Å². The SMILES string of the molecule is Cn1c(O)c(C(=O)Nc2ccccc2C(C)(C)C)c2ccccc2c1=O. The molecule has 0 radical (unpaired) electrons. The summed E-state index contributed by atoms with van der Waals surface area (Å²) in [5.41, 5.74) is 1.26. The maximum atomic E-state index is 13.0. The number of pyridine rings is 1.